The standard InChI is InChI=1S/C22H21N5OS3/c1-4-10-27-20(17-11-29-15(3)14(17)2)25-26-22(27)31-13-19(28)24-21-23-18(12-30-21)16-8-6-5-7-9-16/h4-9,11-12H,1,10,13H2,2-3H3,(H,23,24,28). The molecule has 0 aliphatic carbocycles. The average molecular weight is 468 g/mol. The number of thiophene rings is 1. The second-order valence-corrected chi connectivity index (χ2v) is 9.66. The van der Waals surface area contributed by atoms with Crippen LogP contribution in [0.2, 0.25) is 0 Å². The summed E-state index contributed by atoms with van der Waals surface area (Å²) in [5.74, 6) is 0.894. The lowest BCUT2D eigenvalue weighted by atomic mass is 10.1. The van der Waals surface area contributed by atoms with E-state index in [1.807, 2.05) is 46.4 Å². The van der Waals surface area contributed by atoms with Crippen LogP contribution in [0.3, 0.4) is 0 Å². The highest BCUT2D eigenvalue weighted by atomic mass is 32.2. The van der Waals surface area contributed by atoms with Gasteiger partial charge in [-0.15, -0.1) is 39.4 Å². The van der Waals surface area contributed by atoms with Crippen LogP contribution in [0.1, 0.15) is 10.4 Å². The van der Waals surface area contributed by atoms with Crippen LogP contribution in [0.25, 0.3) is 22.6 Å². The number of hydrogen-bond donors (Lipinski definition) is 1. The van der Waals surface area contributed by atoms with E-state index in [9.17, 15) is 4.79 Å². The van der Waals surface area contributed by atoms with Gasteiger partial charge in [-0.1, -0.05) is 48.2 Å². The van der Waals surface area contributed by atoms with Gasteiger partial charge in [0.15, 0.2) is 16.1 Å². The summed E-state index contributed by atoms with van der Waals surface area (Å²) in [6.07, 6.45) is 1.81. The third kappa shape index (κ3) is 4.79. The number of rotatable bonds is 8. The van der Waals surface area contributed by atoms with Crippen molar-refractivity contribution >= 4 is 45.5 Å². The Balaban J connectivity index is 1.43. The number of carbonyl (C=O) groups excluding carboxylic acids is 1. The first-order valence-electron chi connectivity index (χ1n) is 9.59. The number of hydrogen-bond acceptors (Lipinski definition) is 7. The fourth-order valence-electron chi connectivity index (χ4n) is 2.98. The van der Waals surface area contributed by atoms with Gasteiger partial charge in [0.25, 0.3) is 0 Å². The summed E-state index contributed by atoms with van der Waals surface area (Å²) in [7, 11) is 0. The minimum Gasteiger partial charge on any atom is -0.301 e. The molecule has 6 nitrogen and oxygen atoms in total. The average Bonchev–Trinajstić information content (AvgIpc) is 3.48. The monoisotopic (exact) mass is 467 g/mol. The van der Waals surface area contributed by atoms with Crippen molar-refractivity contribution in [2.24, 2.45) is 0 Å². The lowest BCUT2D eigenvalue weighted by Gasteiger charge is -2.07. The molecule has 0 spiro atoms. The van der Waals surface area contributed by atoms with Crippen molar-refractivity contribution < 1.29 is 4.79 Å². The largest absolute Gasteiger partial charge is 0.301 e. The van der Waals surface area contributed by atoms with Crippen molar-refractivity contribution in [2.75, 3.05) is 11.1 Å². The molecule has 0 aliphatic heterocycles. The van der Waals surface area contributed by atoms with Crippen LogP contribution < -0.4 is 5.32 Å². The first-order valence-corrected chi connectivity index (χ1v) is 12.3. The van der Waals surface area contributed by atoms with Crippen molar-refractivity contribution in [3.8, 4) is 22.6 Å². The highest BCUT2D eigenvalue weighted by Gasteiger charge is 2.18. The number of nitrogens with one attached hydrogen (secondary N) is 1. The molecule has 31 heavy (non-hydrogen) atoms. The van der Waals surface area contributed by atoms with Gasteiger partial charge in [0, 0.05) is 33.3 Å². The van der Waals surface area contributed by atoms with Gasteiger partial charge in [0.2, 0.25) is 5.91 Å². The molecule has 1 N–H and O–H groups in total. The van der Waals surface area contributed by atoms with Crippen molar-refractivity contribution in [1.29, 1.82) is 0 Å². The van der Waals surface area contributed by atoms with Gasteiger partial charge in [-0.05, 0) is 19.4 Å². The Morgan fingerprint density at radius 1 is 1.19 bits per heavy atom. The van der Waals surface area contributed by atoms with E-state index in [1.165, 1.54) is 33.5 Å². The van der Waals surface area contributed by atoms with Crippen molar-refractivity contribution in [1.82, 2.24) is 19.7 Å². The molecule has 1 aromatic carbocycles. The highest BCUT2D eigenvalue weighted by Crippen LogP contribution is 2.32. The molecule has 0 saturated heterocycles. The maximum absolute atomic E-state index is 12.5. The number of aromatic nitrogens is 4. The van der Waals surface area contributed by atoms with Crippen LogP contribution in [-0.2, 0) is 11.3 Å². The van der Waals surface area contributed by atoms with Gasteiger partial charge in [-0.3, -0.25) is 9.36 Å². The number of allylic oxidation sites excluding steroid dienone is 1. The van der Waals surface area contributed by atoms with Crippen LogP contribution in [0.15, 0.2) is 58.9 Å². The molecule has 1 amide bonds. The first kappa shape index (κ1) is 21.5. The molecule has 3 heterocycles. The third-order valence-electron chi connectivity index (χ3n) is 4.71. The Kier molecular flexibility index (Phi) is 6.64. The predicted octanol–water partition coefficient (Wildman–Crippen LogP) is 5.66. The summed E-state index contributed by atoms with van der Waals surface area (Å²) >= 11 is 4.47. The number of benzene rings is 1. The van der Waals surface area contributed by atoms with E-state index < -0.39 is 0 Å². The van der Waals surface area contributed by atoms with E-state index in [2.05, 4.69) is 46.3 Å². The van der Waals surface area contributed by atoms with Crippen molar-refractivity contribution in [3.05, 3.63) is 64.2 Å². The molecular weight excluding hydrogens is 446 g/mol. The maximum atomic E-state index is 12.5. The van der Waals surface area contributed by atoms with Crippen molar-refractivity contribution in [2.45, 2.75) is 25.5 Å². The number of amides is 1. The van der Waals surface area contributed by atoms with Gasteiger partial charge in [-0.2, -0.15) is 0 Å². The Labute approximate surface area is 193 Å². The zero-order valence-electron chi connectivity index (χ0n) is 17.2. The first-order chi connectivity index (χ1) is 15.1. The molecule has 0 bridgehead atoms. The topological polar surface area (TPSA) is 72.7 Å². The summed E-state index contributed by atoms with van der Waals surface area (Å²) < 4.78 is 2.00. The quantitative estimate of drug-likeness (QED) is 0.267. The number of carbonyl (C=O) groups is 1. The fourth-order valence-corrected chi connectivity index (χ4v) is 5.33. The smallest absolute Gasteiger partial charge is 0.236 e. The number of nitrogens with zero attached hydrogens (tertiary/aromatic N) is 4. The van der Waals surface area contributed by atoms with Gasteiger partial charge < -0.3 is 5.32 Å². The number of anilines is 1. The molecule has 0 fully saturated rings. The van der Waals surface area contributed by atoms with E-state index in [1.54, 1.807) is 11.3 Å². The Bertz CT molecular complexity index is 1210. The minimum absolute atomic E-state index is 0.128. The summed E-state index contributed by atoms with van der Waals surface area (Å²) in [5.41, 5.74) is 4.15. The van der Waals surface area contributed by atoms with Crippen LogP contribution in [0.5, 0.6) is 0 Å². The summed E-state index contributed by atoms with van der Waals surface area (Å²) in [5, 5.41) is 16.9. The molecule has 3 aromatic heterocycles. The maximum Gasteiger partial charge on any atom is 0.236 e. The molecule has 158 valence electrons. The van der Waals surface area contributed by atoms with Gasteiger partial charge >= 0.3 is 0 Å². The SMILES string of the molecule is C=CCn1c(SCC(=O)Nc2nc(-c3ccccc3)cs2)nnc1-c1csc(C)c1C. The second kappa shape index (κ2) is 9.59. The number of aryl methyl sites for hydroxylation is 1. The van der Waals surface area contributed by atoms with E-state index in [-0.39, 0.29) is 11.7 Å². The Morgan fingerprint density at radius 2 is 2.00 bits per heavy atom. The summed E-state index contributed by atoms with van der Waals surface area (Å²) in [4.78, 5) is 18.3. The lowest BCUT2D eigenvalue weighted by molar-refractivity contribution is -0.113. The number of thiazole rings is 1. The Morgan fingerprint density at radius 3 is 2.71 bits per heavy atom. The molecule has 4 rings (SSSR count). The zero-order chi connectivity index (χ0) is 21.8. The van der Waals surface area contributed by atoms with E-state index in [0.29, 0.717) is 16.8 Å². The molecule has 0 unspecified atom stereocenters. The van der Waals surface area contributed by atoms with Gasteiger partial charge in [0.05, 0.1) is 11.4 Å². The third-order valence-corrected chi connectivity index (χ3v) is 7.45. The molecule has 4 aromatic rings. The van der Waals surface area contributed by atoms with Crippen LogP contribution in [0.4, 0.5) is 5.13 Å². The van der Waals surface area contributed by atoms with Gasteiger partial charge in [0.1, 0.15) is 0 Å². The highest BCUT2D eigenvalue weighted by molar-refractivity contribution is 7.99. The van der Waals surface area contributed by atoms with Crippen LogP contribution in [0, 0.1) is 13.8 Å². The van der Waals surface area contributed by atoms with E-state index >= 15 is 0 Å². The fraction of sp³-hybridized carbons (Fsp3) is 0.182. The van der Waals surface area contributed by atoms with E-state index in [4.69, 9.17) is 0 Å². The predicted molar refractivity (Wildman–Crippen MR) is 130 cm³/mol. The van der Waals surface area contributed by atoms with Crippen molar-refractivity contribution in [3.63, 3.8) is 0 Å². The summed E-state index contributed by atoms with van der Waals surface area (Å²) in [6, 6.07) is 9.90. The van der Waals surface area contributed by atoms with Crippen LogP contribution >= 0.6 is 34.4 Å². The second-order valence-electron chi connectivity index (χ2n) is 6.78. The number of thioether (sulfide) groups is 1. The van der Waals surface area contributed by atoms with E-state index in [0.717, 1.165) is 22.6 Å². The molecule has 0 saturated carbocycles. The molecule has 0 radical (unpaired) electrons. The Hall–Kier alpha value is -2.75. The zero-order valence-corrected chi connectivity index (χ0v) is 19.6. The normalized spacial score (nSPS) is 10.9. The molecule has 9 heteroatoms. The molecular formula is C22H21N5OS3. The molecule has 0 atom stereocenters. The van der Waals surface area contributed by atoms with Crippen LogP contribution in [-0.4, -0.2) is 31.4 Å². The van der Waals surface area contributed by atoms with Gasteiger partial charge in [-0.25, -0.2) is 4.98 Å². The minimum atomic E-state index is -0.128. The lowest BCUT2D eigenvalue weighted by Crippen LogP contribution is -2.14. The molecule has 0 aliphatic rings. The summed E-state index contributed by atoms with van der Waals surface area (Å²) in [6.45, 7) is 8.61.